The highest BCUT2D eigenvalue weighted by Gasteiger charge is 2.17. The largest absolute Gasteiger partial charge is 0.479 e. The first-order chi connectivity index (χ1) is 6.61. The lowest BCUT2D eigenvalue weighted by Gasteiger charge is -2.13. The van der Waals surface area contributed by atoms with Gasteiger partial charge in [-0.05, 0) is 18.6 Å². The van der Waals surface area contributed by atoms with E-state index in [-0.39, 0.29) is 0 Å². The van der Waals surface area contributed by atoms with E-state index in [4.69, 9.17) is 9.84 Å². The van der Waals surface area contributed by atoms with Crippen LogP contribution in [0.5, 0.6) is 0 Å². The van der Waals surface area contributed by atoms with E-state index < -0.39 is 12.1 Å². The summed E-state index contributed by atoms with van der Waals surface area (Å²) in [5.41, 5.74) is 0. The lowest BCUT2D eigenvalue weighted by atomic mass is 10.2. The third-order valence-corrected chi connectivity index (χ3v) is 3.35. The van der Waals surface area contributed by atoms with E-state index in [9.17, 15) is 4.79 Å². The van der Waals surface area contributed by atoms with Gasteiger partial charge in [-0.1, -0.05) is 20.3 Å². The molecule has 0 bridgehead atoms. The summed E-state index contributed by atoms with van der Waals surface area (Å²) in [6.45, 7) is 6.59. The van der Waals surface area contributed by atoms with Crippen LogP contribution < -0.4 is 0 Å². The van der Waals surface area contributed by atoms with Gasteiger partial charge in [0.15, 0.2) is 6.10 Å². The summed E-state index contributed by atoms with van der Waals surface area (Å²) in [6.07, 6.45) is 0.494. The van der Waals surface area contributed by atoms with Crippen LogP contribution in [0.4, 0.5) is 0 Å². The van der Waals surface area contributed by atoms with Crippen LogP contribution in [0.15, 0.2) is 0 Å². The molecule has 2 unspecified atom stereocenters. The molecule has 0 spiro atoms. The number of hydrogen-bond acceptors (Lipinski definition) is 3. The second-order valence-corrected chi connectivity index (χ2v) is 4.41. The molecule has 0 saturated carbocycles. The van der Waals surface area contributed by atoms with E-state index in [1.165, 1.54) is 0 Å². The SMILES string of the molecule is CCOC(CSCC(C)CC)C(=O)O. The van der Waals surface area contributed by atoms with Crippen molar-refractivity contribution in [2.45, 2.75) is 33.3 Å². The Labute approximate surface area is 90.2 Å². The highest BCUT2D eigenvalue weighted by Crippen LogP contribution is 2.13. The topological polar surface area (TPSA) is 46.5 Å². The number of aliphatic carboxylic acids is 1. The first-order valence-electron chi connectivity index (χ1n) is 5.03. The second kappa shape index (κ2) is 8.12. The van der Waals surface area contributed by atoms with Crippen molar-refractivity contribution in [1.82, 2.24) is 0 Å². The summed E-state index contributed by atoms with van der Waals surface area (Å²) in [5.74, 6) is 1.35. The highest BCUT2D eigenvalue weighted by molar-refractivity contribution is 7.99. The quantitative estimate of drug-likeness (QED) is 0.681. The van der Waals surface area contributed by atoms with Gasteiger partial charge in [0.1, 0.15) is 0 Å². The van der Waals surface area contributed by atoms with Gasteiger partial charge in [-0.25, -0.2) is 4.79 Å². The molecular formula is C10H20O3S. The molecule has 0 aromatic heterocycles. The minimum atomic E-state index is -0.858. The third kappa shape index (κ3) is 6.27. The van der Waals surface area contributed by atoms with Crippen LogP contribution in [-0.4, -0.2) is 35.3 Å². The van der Waals surface area contributed by atoms with Crippen molar-refractivity contribution < 1.29 is 14.6 Å². The predicted octanol–water partition coefficient (Wildman–Crippen LogP) is 2.26. The monoisotopic (exact) mass is 220 g/mol. The Kier molecular flexibility index (Phi) is 7.99. The predicted molar refractivity (Wildman–Crippen MR) is 59.8 cm³/mol. The summed E-state index contributed by atoms with van der Waals surface area (Å²) in [5, 5.41) is 8.79. The molecule has 0 aliphatic carbocycles. The zero-order valence-corrected chi connectivity index (χ0v) is 9.97. The molecule has 0 heterocycles. The molecule has 0 saturated heterocycles. The van der Waals surface area contributed by atoms with Crippen molar-refractivity contribution in [3.05, 3.63) is 0 Å². The van der Waals surface area contributed by atoms with Crippen LogP contribution in [0.25, 0.3) is 0 Å². The van der Waals surface area contributed by atoms with E-state index in [0.717, 1.165) is 12.2 Å². The Bertz CT molecular complexity index is 161. The van der Waals surface area contributed by atoms with Gasteiger partial charge >= 0.3 is 5.97 Å². The van der Waals surface area contributed by atoms with Crippen LogP contribution >= 0.6 is 11.8 Å². The standard InChI is InChI=1S/C10H20O3S/c1-4-8(3)6-14-7-9(10(11)12)13-5-2/h8-9H,4-7H2,1-3H3,(H,11,12). The first-order valence-corrected chi connectivity index (χ1v) is 6.19. The lowest BCUT2D eigenvalue weighted by Crippen LogP contribution is -2.26. The third-order valence-electron chi connectivity index (χ3n) is 2.01. The molecule has 0 aliphatic heterocycles. The normalized spacial score (nSPS) is 15.1. The number of carboxylic acid groups (broad SMARTS) is 1. The van der Waals surface area contributed by atoms with E-state index >= 15 is 0 Å². The molecule has 3 nitrogen and oxygen atoms in total. The van der Waals surface area contributed by atoms with E-state index in [0.29, 0.717) is 18.3 Å². The molecule has 84 valence electrons. The fourth-order valence-corrected chi connectivity index (χ4v) is 2.11. The van der Waals surface area contributed by atoms with Gasteiger partial charge in [0.05, 0.1) is 0 Å². The van der Waals surface area contributed by atoms with Gasteiger partial charge in [-0.3, -0.25) is 0 Å². The minimum absolute atomic E-state index is 0.459. The van der Waals surface area contributed by atoms with Crippen LogP contribution in [0, 0.1) is 5.92 Å². The first kappa shape index (κ1) is 13.8. The van der Waals surface area contributed by atoms with Crippen molar-refractivity contribution in [3.8, 4) is 0 Å². The van der Waals surface area contributed by atoms with Gasteiger partial charge in [-0.2, -0.15) is 11.8 Å². The molecule has 0 radical (unpaired) electrons. The number of rotatable bonds is 8. The van der Waals surface area contributed by atoms with Gasteiger partial charge in [0.2, 0.25) is 0 Å². The van der Waals surface area contributed by atoms with Gasteiger partial charge < -0.3 is 9.84 Å². The number of ether oxygens (including phenoxy) is 1. The second-order valence-electron chi connectivity index (χ2n) is 3.33. The van der Waals surface area contributed by atoms with Crippen molar-refractivity contribution in [1.29, 1.82) is 0 Å². The van der Waals surface area contributed by atoms with Crippen molar-refractivity contribution in [2.24, 2.45) is 5.92 Å². The number of hydrogen-bond donors (Lipinski definition) is 1. The molecule has 1 N–H and O–H groups in total. The van der Waals surface area contributed by atoms with Gasteiger partial charge in [-0.15, -0.1) is 0 Å². The summed E-state index contributed by atoms with van der Waals surface area (Å²) in [7, 11) is 0. The summed E-state index contributed by atoms with van der Waals surface area (Å²) < 4.78 is 5.10. The average molecular weight is 220 g/mol. The number of carbonyl (C=O) groups is 1. The van der Waals surface area contributed by atoms with E-state index in [2.05, 4.69) is 13.8 Å². The fourth-order valence-electron chi connectivity index (χ4n) is 0.886. The van der Waals surface area contributed by atoms with Crippen LogP contribution in [0.1, 0.15) is 27.2 Å². The smallest absolute Gasteiger partial charge is 0.333 e. The molecular weight excluding hydrogens is 200 g/mol. The number of thioether (sulfide) groups is 1. The maximum atomic E-state index is 10.7. The molecule has 0 aromatic carbocycles. The Balaban J connectivity index is 3.66. The minimum Gasteiger partial charge on any atom is -0.479 e. The summed E-state index contributed by atoms with van der Waals surface area (Å²) in [4.78, 5) is 10.7. The summed E-state index contributed by atoms with van der Waals surface area (Å²) >= 11 is 1.66. The van der Waals surface area contributed by atoms with E-state index in [1.807, 2.05) is 6.92 Å². The van der Waals surface area contributed by atoms with Crippen molar-refractivity contribution in [2.75, 3.05) is 18.1 Å². The van der Waals surface area contributed by atoms with Crippen LogP contribution in [0.3, 0.4) is 0 Å². The number of carboxylic acids is 1. The molecule has 14 heavy (non-hydrogen) atoms. The molecule has 0 fully saturated rings. The zero-order chi connectivity index (χ0) is 11.0. The average Bonchev–Trinajstić information content (AvgIpc) is 2.16. The molecule has 0 amide bonds. The molecule has 0 aromatic rings. The zero-order valence-electron chi connectivity index (χ0n) is 9.16. The molecule has 0 rings (SSSR count). The summed E-state index contributed by atoms with van der Waals surface area (Å²) in [6, 6.07) is 0. The van der Waals surface area contributed by atoms with Gasteiger partial charge in [0.25, 0.3) is 0 Å². The molecule has 0 aliphatic rings. The Morgan fingerprint density at radius 3 is 2.50 bits per heavy atom. The maximum Gasteiger partial charge on any atom is 0.333 e. The van der Waals surface area contributed by atoms with Gasteiger partial charge in [0, 0.05) is 12.4 Å². The van der Waals surface area contributed by atoms with Crippen LogP contribution in [0.2, 0.25) is 0 Å². The van der Waals surface area contributed by atoms with E-state index in [1.54, 1.807) is 11.8 Å². The van der Waals surface area contributed by atoms with Crippen LogP contribution in [-0.2, 0) is 9.53 Å². The molecule has 4 heteroatoms. The highest BCUT2D eigenvalue weighted by atomic mass is 32.2. The Morgan fingerprint density at radius 1 is 1.43 bits per heavy atom. The Hall–Kier alpha value is -0.220. The Morgan fingerprint density at radius 2 is 2.07 bits per heavy atom. The van der Waals surface area contributed by atoms with Crippen molar-refractivity contribution >= 4 is 17.7 Å². The maximum absolute atomic E-state index is 10.7. The van der Waals surface area contributed by atoms with Crippen molar-refractivity contribution in [3.63, 3.8) is 0 Å². The molecule has 2 atom stereocenters. The fraction of sp³-hybridized carbons (Fsp3) is 0.900. The lowest BCUT2D eigenvalue weighted by molar-refractivity contribution is -0.148.